The molecule has 0 bridgehead atoms. The van der Waals surface area contributed by atoms with Crippen LogP contribution in [0.5, 0.6) is 0 Å². The maximum absolute atomic E-state index is 13.2. The van der Waals surface area contributed by atoms with Crippen LogP contribution in [0.25, 0.3) is 5.57 Å². The lowest BCUT2D eigenvalue weighted by molar-refractivity contribution is -0.887. The summed E-state index contributed by atoms with van der Waals surface area (Å²) in [5, 5.41) is 0. The van der Waals surface area contributed by atoms with Gasteiger partial charge in [-0.1, -0.05) is 43.2 Å². The van der Waals surface area contributed by atoms with Crippen LogP contribution in [0.2, 0.25) is 0 Å². The van der Waals surface area contributed by atoms with Crippen LogP contribution in [0.3, 0.4) is 0 Å². The van der Waals surface area contributed by atoms with Gasteiger partial charge in [-0.2, -0.15) is 0 Å². The fourth-order valence-corrected chi connectivity index (χ4v) is 6.76. The predicted octanol–water partition coefficient (Wildman–Crippen LogP) is 1.32. The van der Waals surface area contributed by atoms with Gasteiger partial charge in [0.05, 0.1) is 24.6 Å². The smallest absolute Gasteiger partial charge is 0.278 e. The molecule has 4 rings (SSSR count). The van der Waals surface area contributed by atoms with E-state index < -0.39 is 9.84 Å². The number of nitrogens with zero attached hydrogens (tertiary/aromatic N) is 1. The summed E-state index contributed by atoms with van der Waals surface area (Å²) >= 11 is 0. The van der Waals surface area contributed by atoms with Gasteiger partial charge in [0.25, 0.3) is 5.91 Å². The van der Waals surface area contributed by atoms with Crippen molar-refractivity contribution in [3.05, 3.63) is 42.0 Å². The van der Waals surface area contributed by atoms with Gasteiger partial charge in [-0.05, 0) is 36.5 Å². The number of carbonyl (C=O) groups excluding carboxylic acids is 1. The molecule has 2 heterocycles. The minimum Gasteiger partial charge on any atom is -0.331 e. The number of rotatable bonds is 5. The molecule has 152 valence electrons. The van der Waals surface area contributed by atoms with Crippen LogP contribution < -0.4 is 4.90 Å². The van der Waals surface area contributed by atoms with Crippen molar-refractivity contribution < 1.29 is 18.1 Å². The molecule has 6 heteroatoms. The second-order valence-corrected chi connectivity index (χ2v) is 10.8. The molecule has 1 saturated carbocycles. The maximum atomic E-state index is 13.2. The summed E-state index contributed by atoms with van der Waals surface area (Å²) in [6.07, 6.45) is 8.19. The molecule has 1 aromatic rings. The molecule has 1 amide bonds. The number of hydrogen-bond acceptors (Lipinski definition) is 3. The van der Waals surface area contributed by atoms with Crippen LogP contribution in [-0.4, -0.2) is 62.4 Å². The van der Waals surface area contributed by atoms with Crippen molar-refractivity contribution in [3.8, 4) is 0 Å². The highest BCUT2D eigenvalue weighted by atomic mass is 32.2. The Morgan fingerprint density at radius 2 is 1.82 bits per heavy atom. The highest BCUT2D eigenvalue weighted by Crippen LogP contribution is 2.29. The number of quaternary nitrogens is 1. The van der Waals surface area contributed by atoms with Gasteiger partial charge in [-0.3, -0.25) is 4.79 Å². The zero-order chi connectivity index (χ0) is 19.6. The zero-order valence-electron chi connectivity index (χ0n) is 16.5. The first-order chi connectivity index (χ1) is 13.5. The fraction of sp³-hybridized carbons (Fsp3) is 0.591. The Morgan fingerprint density at radius 1 is 1.07 bits per heavy atom. The molecular formula is C22H31N2O3S+. The van der Waals surface area contributed by atoms with E-state index in [1.807, 2.05) is 11.0 Å². The first-order valence-electron chi connectivity index (χ1n) is 10.6. The average molecular weight is 404 g/mol. The van der Waals surface area contributed by atoms with Crippen molar-refractivity contribution in [2.75, 3.05) is 31.1 Å². The van der Waals surface area contributed by atoms with Crippen molar-refractivity contribution in [1.82, 2.24) is 4.90 Å². The van der Waals surface area contributed by atoms with E-state index in [-0.39, 0.29) is 29.5 Å². The summed E-state index contributed by atoms with van der Waals surface area (Å²) in [4.78, 5) is 16.5. The minimum atomic E-state index is -2.98. The molecule has 2 aliphatic heterocycles. The Kier molecular flexibility index (Phi) is 5.88. The van der Waals surface area contributed by atoms with E-state index in [2.05, 4.69) is 30.3 Å². The monoisotopic (exact) mass is 403 g/mol. The molecule has 0 spiro atoms. The van der Waals surface area contributed by atoms with Crippen molar-refractivity contribution in [2.45, 2.75) is 50.6 Å². The summed E-state index contributed by atoms with van der Waals surface area (Å²) in [6.45, 7) is 2.29. The summed E-state index contributed by atoms with van der Waals surface area (Å²) in [7, 11) is -2.98. The molecular weight excluding hydrogens is 372 g/mol. The summed E-state index contributed by atoms with van der Waals surface area (Å²) in [5.41, 5.74) is 2.64. The van der Waals surface area contributed by atoms with Gasteiger partial charge in [0.2, 0.25) is 0 Å². The highest BCUT2D eigenvalue weighted by Gasteiger charge is 2.40. The van der Waals surface area contributed by atoms with E-state index in [1.54, 1.807) is 0 Å². The summed E-state index contributed by atoms with van der Waals surface area (Å²) in [5.74, 6) is 0.539. The Morgan fingerprint density at radius 3 is 2.43 bits per heavy atom. The van der Waals surface area contributed by atoms with E-state index in [9.17, 15) is 13.2 Å². The third kappa shape index (κ3) is 4.49. The molecule has 1 N–H and O–H groups in total. The summed E-state index contributed by atoms with van der Waals surface area (Å²) < 4.78 is 24.0. The first kappa shape index (κ1) is 19.6. The minimum absolute atomic E-state index is 0.111. The third-order valence-corrected chi connectivity index (χ3v) is 8.29. The molecule has 2 atom stereocenters. The van der Waals surface area contributed by atoms with Gasteiger partial charge in [0, 0.05) is 18.5 Å². The molecule has 5 nitrogen and oxygen atoms in total. The molecule has 28 heavy (non-hydrogen) atoms. The normalized spacial score (nSPS) is 27.5. The molecule has 1 aromatic carbocycles. The number of hydrogen-bond donors (Lipinski definition) is 1. The van der Waals surface area contributed by atoms with Crippen LogP contribution in [-0.2, 0) is 14.6 Å². The van der Waals surface area contributed by atoms with Crippen LogP contribution in [0, 0.1) is 0 Å². The fourth-order valence-electron chi connectivity index (χ4n) is 5.05. The van der Waals surface area contributed by atoms with E-state index in [0.717, 1.165) is 45.2 Å². The number of sulfone groups is 1. The molecule has 3 aliphatic rings. The average Bonchev–Trinajstić information content (AvgIpc) is 3.33. The SMILES string of the molecule is O=C(C[NH+]1CC=C(c2ccccc2)CC1)N(C1CCCC1)[C@H]1CCS(=O)(=O)C1. The van der Waals surface area contributed by atoms with Crippen molar-refractivity contribution in [3.63, 3.8) is 0 Å². The number of nitrogens with one attached hydrogen (secondary N) is 1. The van der Waals surface area contributed by atoms with Crippen molar-refractivity contribution in [1.29, 1.82) is 0 Å². The van der Waals surface area contributed by atoms with Crippen molar-refractivity contribution in [2.24, 2.45) is 0 Å². The lowest BCUT2D eigenvalue weighted by Crippen LogP contribution is -3.13. The third-order valence-electron chi connectivity index (χ3n) is 6.54. The second-order valence-electron chi connectivity index (χ2n) is 8.52. The lowest BCUT2D eigenvalue weighted by Gasteiger charge is -2.35. The van der Waals surface area contributed by atoms with E-state index in [1.165, 1.54) is 16.0 Å². The van der Waals surface area contributed by atoms with Crippen LogP contribution in [0.1, 0.15) is 44.1 Å². The molecule has 1 aliphatic carbocycles. The van der Waals surface area contributed by atoms with Crippen LogP contribution >= 0.6 is 0 Å². The van der Waals surface area contributed by atoms with Crippen LogP contribution in [0.4, 0.5) is 0 Å². The van der Waals surface area contributed by atoms with Crippen LogP contribution in [0.15, 0.2) is 36.4 Å². The second kappa shape index (κ2) is 8.37. The number of benzene rings is 1. The summed E-state index contributed by atoms with van der Waals surface area (Å²) in [6, 6.07) is 10.6. The molecule has 0 aromatic heterocycles. The standard InChI is InChI=1S/C22H30N2O3S/c25-22(16-23-13-10-19(11-14-23)18-6-2-1-3-7-18)24(20-8-4-5-9-20)21-12-15-28(26,27)17-21/h1-3,6-7,10,20-21H,4-5,8-9,11-17H2/p+1/t21-/m0/s1. The topological polar surface area (TPSA) is 58.9 Å². The molecule has 1 saturated heterocycles. The van der Waals surface area contributed by atoms with Gasteiger partial charge in [0.15, 0.2) is 16.4 Å². The largest absolute Gasteiger partial charge is 0.331 e. The quantitative estimate of drug-likeness (QED) is 0.807. The Labute approximate surface area is 168 Å². The maximum Gasteiger partial charge on any atom is 0.278 e. The van der Waals surface area contributed by atoms with Gasteiger partial charge < -0.3 is 9.80 Å². The van der Waals surface area contributed by atoms with Gasteiger partial charge in [-0.25, -0.2) is 8.42 Å². The van der Waals surface area contributed by atoms with E-state index in [4.69, 9.17) is 0 Å². The van der Waals surface area contributed by atoms with Gasteiger partial charge in [0.1, 0.15) is 0 Å². The Balaban J connectivity index is 1.41. The number of carbonyl (C=O) groups is 1. The highest BCUT2D eigenvalue weighted by molar-refractivity contribution is 7.91. The van der Waals surface area contributed by atoms with Crippen molar-refractivity contribution >= 4 is 21.3 Å². The van der Waals surface area contributed by atoms with Gasteiger partial charge >= 0.3 is 0 Å². The molecule has 2 fully saturated rings. The Bertz CT molecular complexity index is 829. The Hall–Kier alpha value is -1.66. The molecule has 0 radical (unpaired) electrons. The van der Waals surface area contributed by atoms with E-state index in [0.29, 0.717) is 13.0 Å². The predicted molar refractivity (Wildman–Crippen MR) is 111 cm³/mol. The number of amides is 1. The molecule has 1 unspecified atom stereocenters. The van der Waals surface area contributed by atoms with Gasteiger partial charge in [-0.15, -0.1) is 0 Å². The zero-order valence-corrected chi connectivity index (χ0v) is 17.3. The van der Waals surface area contributed by atoms with E-state index >= 15 is 0 Å². The lowest BCUT2D eigenvalue weighted by atomic mass is 9.99. The first-order valence-corrected chi connectivity index (χ1v) is 12.4.